The van der Waals surface area contributed by atoms with Crippen LogP contribution in [-0.2, 0) is 9.59 Å². The quantitative estimate of drug-likeness (QED) is 0.826. The number of para-hydroxylation sites is 1. The summed E-state index contributed by atoms with van der Waals surface area (Å²) in [5.74, 6) is -0.122. The fourth-order valence-electron chi connectivity index (χ4n) is 4.44. The van der Waals surface area contributed by atoms with Crippen molar-refractivity contribution in [1.29, 1.82) is 0 Å². The molecule has 28 heavy (non-hydrogen) atoms. The van der Waals surface area contributed by atoms with Crippen molar-refractivity contribution in [2.45, 2.75) is 63.5 Å². The summed E-state index contributed by atoms with van der Waals surface area (Å²) in [7, 11) is 0. The van der Waals surface area contributed by atoms with Gasteiger partial charge in [0.05, 0.1) is 10.2 Å². The molecule has 0 radical (unpaired) electrons. The highest BCUT2D eigenvalue weighted by Crippen LogP contribution is 2.31. The largest absolute Gasteiger partial charge is 0.351 e. The summed E-state index contributed by atoms with van der Waals surface area (Å²) in [5, 5.41) is 7.26. The van der Waals surface area contributed by atoms with Gasteiger partial charge in [-0.25, -0.2) is 4.98 Å². The van der Waals surface area contributed by atoms with Gasteiger partial charge in [0.1, 0.15) is 5.54 Å². The van der Waals surface area contributed by atoms with Gasteiger partial charge in [-0.15, -0.1) is 0 Å². The third kappa shape index (κ3) is 3.99. The van der Waals surface area contributed by atoms with E-state index in [1.807, 2.05) is 18.2 Å². The van der Waals surface area contributed by atoms with Crippen LogP contribution >= 0.6 is 11.3 Å². The highest BCUT2D eigenvalue weighted by atomic mass is 32.1. The van der Waals surface area contributed by atoms with E-state index >= 15 is 0 Å². The van der Waals surface area contributed by atoms with Crippen molar-refractivity contribution in [3.63, 3.8) is 0 Å². The number of fused-ring (bicyclic) bond motifs is 1. The molecule has 4 rings (SSSR count). The van der Waals surface area contributed by atoms with Crippen molar-refractivity contribution in [3.05, 3.63) is 24.3 Å². The van der Waals surface area contributed by atoms with E-state index < -0.39 is 5.54 Å². The molecule has 1 aliphatic carbocycles. The first kappa shape index (κ1) is 19.2. The van der Waals surface area contributed by atoms with Crippen LogP contribution in [0.4, 0.5) is 5.13 Å². The standard InChI is InChI=1S/C21H28N4O2S/c1-15(26)24-21(11-5-2-6-12-21)19(27)22-16-9-13-25(14-10-16)20-23-17-7-3-4-8-18(17)28-20/h3-4,7-8,16H,2,5-6,9-14H2,1H3,(H,22,27)(H,24,26). The molecular formula is C21H28N4O2S. The van der Waals surface area contributed by atoms with Crippen LogP contribution in [0.1, 0.15) is 51.9 Å². The summed E-state index contributed by atoms with van der Waals surface area (Å²) in [6.45, 7) is 3.27. The monoisotopic (exact) mass is 400 g/mol. The van der Waals surface area contributed by atoms with Gasteiger partial charge in [-0.05, 0) is 37.8 Å². The van der Waals surface area contributed by atoms with E-state index in [1.165, 1.54) is 11.6 Å². The number of rotatable bonds is 4. The Morgan fingerprint density at radius 1 is 1.14 bits per heavy atom. The Bertz CT molecular complexity index is 818. The third-order valence-corrected chi connectivity index (χ3v) is 7.04. The van der Waals surface area contributed by atoms with Gasteiger partial charge < -0.3 is 15.5 Å². The SMILES string of the molecule is CC(=O)NC1(C(=O)NC2CCN(c3nc4ccccc4s3)CC2)CCCCC1. The molecule has 2 fully saturated rings. The zero-order valence-electron chi connectivity index (χ0n) is 16.4. The zero-order chi connectivity index (χ0) is 19.6. The molecule has 2 aromatic rings. The van der Waals surface area contributed by atoms with Crippen LogP contribution in [0.2, 0.25) is 0 Å². The van der Waals surface area contributed by atoms with E-state index in [2.05, 4.69) is 21.6 Å². The molecular weight excluding hydrogens is 372 g/mol. The molecule has 2 heterocycles. The number of carbonyl (C=O) groups excluding carboxylic acids is 2. The van der Waals surface area contributed by atoms with Gasteiger partial charge in [0.2, 0.25) is 11.8 Å². The molecule has 1 saturated heterocycles. The Morgan fingerprint density at radius 2 is 1.86 bits per heavy atom. The lowest BCUT2D eigenvalue weighted by Gasteiger charge is -2.39. The Labute approximate surface area is 169 Å². The van der Waals surface area contributed by atoms with E-state index in [0.29, 0.717) is 0 Å². The fraction of sp³-hybridized carbons (Fsp3) is 0.571. The maximum Gasteiger partial charge on any atom is 0.245 e. The number of thiazole rings is 1. The molecule has 0 bridgehead atoms. The number of piperidine rings is 1. The highest BCUT2D eigenvalue weighted by molar-refractivity contribution is 7.22. The van der Waals surface area contributed by atoms with Gasteiger partial charge in [0.25, 0.3) is 0 Å². The van der Waals surface area contributed by atoms with Crippen LogP contribution in [0, 0.1) is 0 Å². The maximum absolute atomic E-state index is 13.0. The number of carbonyl (C=O) groups is 2. The fourth-order valence-corrected chi connectivity index (χ4v) is 5.45. The Morgan fingerprint density at radius 3 is 2.54 bits per heavy atom. The van der Waals surface area contributed by atoms with Crippen LogP contribution in [0.5, 0.6) is 0 Å². The summed E-state index contributed by atoms with van der Waals surface area (Å²) < 4.78 is 1.21. The topological polar surface area (TPSA) is 74.3 Å². The van der Waals surface area contributed by atoms with Gasteiger partial charge >= 0.3 is 0 Å². The normalized spacial score (nSPS) is 20.1. The van der Waals surface area contributed by atoms with Crippen LogP contribution in [0.3, 0.4) is 0 Å². The number of nitrogens with zero attached hydrogens (tertiary/aromatic N) is 2. The molecule has 1 aromatic carbocycles. The number of hydrogen-bond acceptors (Lipinski definition) is 5. The van der Waals surface area contributed by atoms with Crippen molar-refractivity contribution in [1.82, 2.24) is 15.6 Å². The Hall–Kier alpha value is -2.15. The first-order chi connectivity index (χ1) is 13.6. The summed E-state index contributed by atoms with van der Waals surface area (Å²) in [5.41, 5.74) is 0.335. The van der Waals surface area contributed by atoms with E-state index in [9.17, 15) is 9.59 Å². The molecule has 0 atom stereocenters. The van der Waals surface area contributed by atoms with Gasteiger partial charge in [-0.1, -0.05) is 42.7 Å². The van der Waals surface area contributed by atoms with Gasteiger partial charge in [-0.2, -0.15) is 0 Å². The minimum atomic E-state index is -0.714. The van der Waals surface area contributed by atoms with Gasteiger partial charge in [0, 0.05) is 26.1 Å². The smallest absolute Gasteiger partial charge is 0.245 e. The lowest BCUT2D eigenvalue weighted by atomic mass is 9.80. The van der Waals surface area contributed by atoms with Crippen molar-refractivity contribution in [2.24, 2.45) is 0 Å². The second kappa shape index (κ2) is 8.07. The number of nitrogens with one attached hydrogen (secondary N) is 2. The van der Waals surface area contributed by atoms with Crippen molar-refractivity contribution in [2.75, 3.05) is 18.0 Å². The number of amides is 2. The van der Waals surface area contributed by atoms with Crippen molar-refractivity contribution >= 4 is 38.5 Å². The summed E-state index contributed by atoms with van der Waals surface area (Å²) in [4.78, 5) is 31.8. The van der Waals surface area contributed by atoms with Crippen molar-refractivity contribution < 1.29 is 9.59 Å². The van der Waals surface area contributed by atoms with Crippen LogP contribution in [-0.4, -0.2) is 41.5 Å². The molecule has 1 aromatic heterocycles. The molecule has 7 heteroatoms. The van der Waals surface area contributed by atoms with Crippen LogP contribution in [0.25, 0.3) is 10.2 Å². The Kier molecular flexibility index (Phi) is 5.53. The van der Waals surface area contributed by atoms with Crippen molar-refractivity contribution in [3.8, 4) is 0 Å². The molecule has 2 aliphatic rings. The molecule has 2 amide bonds. The average Bonchev–Trinajstić information content (AvgIpc) is 3.13. The first-order valence-corrected chi connectivity index (χ1v) is 11.1. The third-order valence-electron chi connectivity index (χ3n) is 5.94. The van der Waals surface area contributed by atoms with Crippen LogP contribution in [0.15, 0.2) is 24.3 Å². The zero-order valence-corrected chi connectivity index (χ0v) is 17.2. The Balaban J connectivity index is 1.36. The van der Waals surface area contributed by atoms with Gasteiger partial charge in [0.15, 0.2) is 5.13 Å². The lowest BCUT2D eigenvalue weighted by Crippen LogP contribution is -2.61. The number of hydrogen-bond donors (Lipinski definition) is 2. The van der Waals surface area contributed by atoms with E-state index in [-0.39, 0.29) is 17.9 Å². The molecule has 6 nitrogen and oxygen atoms in total. The molecule has 1 aliphatic heterocycles. The van der Waals surface area contributed by atoms with Crippen LogP contribution < -0.4 is 15.5 Å². The molecule has 150 valence electrons. The molecule has 0 spiro atoms. The number of benzene rings is 1. The summed E-state index contributed by atoms with van der Waals surface area (Å²) in [6, 6.07) is 8.38. The number of aromatic nitrogens is 1. The van der Waals surface area contributed by atoms with E-state index in [4.69, 9.17) is 4.98 Å². The molecule has 0 unspecified atom stereocenters. The minimum absolute atomic E-state index is 0.000775. The molecule has 1 saturated carbocycles. The highest BCUT2D eigenvalue weighted by Gasteiger charge is 2.41. The van der Waals surface area contributed by atoms with Gasteiger partial charge in [-0.3, -0.25) is 9.59 Å². The predicted octanol–water partition coefficient (Wildman–Crippen LogP) is 3.22. The first-order valence-electron chi connectivity index (χ1n) is 10.3. The summed E-state index contributed by atoms with van der Waals surface area (Å²) >= 11 is 1.73. The average molecular weight is 401 g/mol. The summed E-state index contributed by atoms with van der Waals surface area (Å²) in [6.07, 6.45) is 6.39. The minimum Gasteiger partial charge on any atom is -0.351 e. The number of anilines is 1. The second-order valence-corrected chi connectivity index (χ2v) is 9.03. The lowest BCUT2D eigenvalue weighted by molar-refractivity contribution is -0.135. The molecule has 2 N–H and O–H groups in total. The second-order valence-electron chi connectivity index (χ2n) is 8.02. The predicted molar refractivity (Wildman–Crippen MR) is 113 cm³/mol. The maximum atomic E-state index is 13.0. The van der Waals surface area contributed by atoms with E-state index in [1.54, 1.807) is 11.3 Å². The van der Waals surface area contributed by atoms with E-state index in [0.717, 1.165) is 68.7 Å².